The second-order valence-electron chi connectivity index (χ2n) is 4.54. The average Bonchev–Trinajstić information content (AvgIpc) is 2.41. The van der Waals surface area contributed by atoms with Gasteiger partial charge in [0.15, 0.2) is 0 Å². The highest BCUT2D eigenvalue weighted by Gasteiger charge is 2.22. The van der Waals surface area contributed by atoms with E-state index in [1.165, 1.54) is 12.1 Å². The zero-order valence-corrected chi connectivity index (χ0v) is 10.6. The lowest BCUT2D eigenvalue weighted by Gasteiger charge is -2.32. The van der Waals surface area contributed by atoms with Crippen LogP contribution in [0.25, 0.3) is 0 Å². The zero-order valence-electron chi connectivity index (χ0n) is 10.6. The predicted octanol–water partition coefficient (Wildman–Crippen LogP) is 2.01. The number of carbonyl (C=O) groups is 1. The standard InChI is InChI=1S/C14H18FNO2/c1-2-13-10-16(7-8-18-13)14(17)9-11-3-5-12(15)6-4-11/h3-6,13H,2,7-10H2,1H3. The van der Waals surface area contributed by atoms with Crippen molar-refractivity contribution in [2.45, 2.75) is 25.9 Å². The highest BCUT2D eigenvalue weighted by molar-refractivity contribution is 5.78. The Labute approximate surface area is 107 Å². The molecule has 0 aliphatic carbocycles. The lowest BCUT2D eigenvalue weighted by molar-refractivity contribution is -0.138. The SMILES string of the molecule is CCC1CN(C(=O)Cc2ccc(F)cc2)CCO1. The van der Waals surface area contributed by atoms with Crippen LogP contribution in [-0.4, -0.2) is 36.6 Å². The van der Waals surface area contributed by atoms with Crippen molar-refractivity contribution in [3.8, 4) is 0 Å². The van der Waals surface area contributed by atoms with Crippen molar-refractivity contribution >= 4 is 5.91 Å². The molecule has 1 heterocycles. The van der Waals surface area contributed by atoms with Gasteiger partial charge in [-0.3, -0.25) is 4.79 Å². The molecule has 0 saturated carbocycles. The molecule has 1 aliphatic rings. The van der Waals surface area contributed by atoms with Crippen molar-refractivity contribution in [3.63, 3.8) is 0 Å². The maximum Gasteiger partial charge on any atom is 0.227 e. The van der Waals surface area contributed by atoms with Crippen molar-refractivity contribution in [1.82, 2.24) is 4.90 Å². The van der Waals surface area contributed by atoms with Crippen LogP contribution in [0.5, 0.6) is 0 Å². The van der Waals surface area contributed by atoms with E-state index in [0.29, 0.717) is 26.1 Å². The minimum absolute atomic E-state index is 0.0864. The molecule has 0 spiro atoms. The third-order valence-corrected chi connectivity index (χ3v) is 3.22. The molecule has 18 heavy (non-hydrogen) atoms. The van der Waals surface area contributed by atoms with Crippen molar-refractivity contribution in [3.05, 3.63) is 35.6 Å². The van der Waals surface area contributed by atoms with E-state index in [2.05, 4.69) is 6.92 Å². The van der Waals surface area contributed by atoms with E-state index in [1.807, 2.05) is 4.90 Å². The Balaban J connectivity index is 1.93. The lowest BCUT2D eigenvalue weighted by Crippen LogP contribution is -2.45. The molecule has 0 bridgehead atoms. The fraction of sp³-hybridized carbons (Fsp3) is 0.500. The number of benzene rings is 1. The van der Waals surface area contributed by atoms with Gasteiger partial charge in [-0.2, -0.15) is 0 Å². The normalized spacial score (nSPS) is 19.9. The molecular formula is C14H18FNO2. The lowest BCUT2D eigenvalue weighted by atomic mass is 10.1. The van der Waals surface area contributed by atoms with Gasteiger partial charge >= 0.3 is 0 Å². The Morgan fingerprint density at radius 2 is 2.17 bits per heavy atom. The van der Waals surface area contributed by atoms with Gasteiger partial charge in [0, 0.05) is 13.1 Å². The molecule has 1 amide bonds. The summed E-state index contributed by atoms with van der Waals surface area (Å²) >= 11 is 0. The first-order valence-corrected chi connectivity index (χ1v) is 6.33. The van der Waals surface area contributed by atoms with Gasteiger partial charge in [0.1, 0.15) is 5.82 Å². The van der Waals surface area contributed by atoms with Crippen LogP contribution in [0.15, 0.2) is 24.3 Å². The summed E-state index contributed by atoms with van der Waals surface area (Å²) in [5.41, 5.74) is 0.848. The van der Waals surface area contributed by atoms with Crippen LogP contribution >= 0.6 is 0 Å². The quantitative estimate of drug-likeness (QED) is 0.822. The van der Waals surface area contributed by atoms with Gasteiger partial charge in [0.2, 0.25) is 5.91 Å². The topological polar surface area (TPSA) is 29.5 Å². The van der Waals surface area contributed by atoms with Gasteiger partial charge in [-0.1, -0.05) is 19.1 Å². The van der Waals surface area contributed by atoms with Gasteiger partial charge in [-0.25, -0.2) is 4.39 Å². The molecule has 1 aliphatic heterocycles. The number of amides is 1. The fourth-order valence-corrected chi connectivity index (χ4v) is 2.08. The van der Waals surface area contributed by atoms with E-state index < -0.39 is 0 Å². The molecule has 3 nitrogen and oxygen atoms in total. The van der Waals surface area contributed by atoms with Crippen LogP contribution in [-0.2, 0) is 16.0 Å². The second kappa shape index (κ2) is 5.96. The average molecular weight is 251 g/mol. The molecule has 0 N–H and O–H groups in total. The summed E-state index contributed by atoms with van der Waals surface area (Å²) in [5.74, 6) is -0.188. The number of ether oxygens (including phenoxy) is 1. The fourth-order valence-electron chi connectivity index (χ4n) is 2.08. The largest absolute Gasteiger partial charge is 0.375 e. The van der Waals surface area contributed by atoms with Gasteiger partial charge in [0.25, 0.3) is 0 Å². The van der Waals surface area contributed by atoms with Gasteiger partial charge in [0.05, 0.1) is 19.1 Å². The monoisotopic (exact) mass is 251 g/mol. The number of hydrogen-bond donors (Lipinski definition) is 0. The van der Waals surface area contributed by atoms with Crippen molar-refractivity contribution in [2.75, 3.05) is 19.7 Å². The highest BCUT2D eigenvalue weighted by atomic mass is 19.1. The van der Waals surface area contributed by atoms with Gasteiger partial charge < -0.3 is 9.64 Å². The van der Waals surface area contributed by atoms with Crippen molar-refractivity contribution < 1.29 is 13.9 Å². The first kappa shape index (κ1) is 13.0. The Morgan fingerprint density at radius 3 is 2.83 bits per heavy atom. The minimum atomic E-state index is -0.274. The summed E-state index contributed by atoms with van der Waals surface area (Å²) in [6.45, 7) is 3.97. The van der Waals surface area contributed by atoms with Crippen LogP contribution in [0.1, 0.15) is 18.9 Å². The van der Waals surface area contributed by atoms with E-state index >= 15 is 0 Å². The van der Waals surface area contributed by atoms with E-state index in [9.17, 15) is 9.18 Å². The summed E-state index contributed by atoms with van der Waals surface area (Å²) in [7, 11) is 0. The molecule has 0 aromatic heterocycles. The summed E-state index contributed by atoms with van der Waals surface area (Å²) in [4.78, 5) is 13.9. The molecule has 1 aromatic carbocycles. The van der Waals surface area contributed by atoms with Crippen LogP contribution in [0.2, 0.25) is 0 Å². The third kappa shape index (κ3) is 3.29. The van der Waals surface area contributed by atoms with Crippen LogP contribution in [0, 0.1) is 5.82 Å². The number of carbonyl (C=O) groups excluding carboxylic acids is 1. The van der Waals surface area contributed by atoms with Gasteiger partial charge in [-0.15, -0.1) is 0 Å². The summed E-state index contributed by atoms with van der Waals surface area (Å²) in [6, 6.07) is 6.09. The summed E-state index contributed by atoms with van der Waals surface area (Å²) < 4.78 is 18.3. The van der Waals surface area contributed by atoms with Gasteiger partial charge in [-0.05, 0) is 24.1 Å². The Hall–Kier alpha value is -1.42. The Morgan fingerprint density at radius 1 is 1.44 bits per heavy atom. The maximum absolute atomic E-state index is 12.8. The molecule has 1 atom stereocenters. The zero-order chi connectivity index (χ0) is 13.0. The molecule has 2 rings (SSSR count). The van der Waals surface area contributed by atoms with E-state index in [0.717, 1.165) is 12.0 Å². The second-order valence-corrected chi connectivity index (χ2v) is 4.54. The Kier molecular flexibility index (Phi) is 4.31. The maximum atomic E-state index is 12.8. The number of hydrogen-bond acceptors (Lipinski definition) is 2. The molecule has 4 heteroatoms. The predicted molar refractivity (Wildman–Crippen MR) is 66.7 cm³/mol. The van der Waals surface area contributed by atoms with Crippen molar-refractivity contribution in [1.29, 1.82) is 0 Å². The smallest absolute Gasteiger partial charge is 0.227 e. The van der Waals surface area contributed by atoms with Crippen LogP contribution in [0.3, 0.4) is 0 Å². The van der Waals surface area contributed by atoms with E-state index in [1.54, 1.807) is 12.1 Å². The van der Waals surface area contributed by atoms with Crippen LogP contribution in [0.4, 0.5) is 4.39 Å². The molecule has 1 fully saturated rings. The molecular weight excluding hydrogens is 233 g/mol. The van der Waals surface area contributed by atoms with E-state index in [4.69, 9.17) is 4.74 Å². The van der Waals surface area contributed by atoms with E-state index in [-0.39, 0.29) is 17.8 Å². The first-order chi connectivity index (χ1) is 8.69. The number of halogens is 1. The minimum Gasteiger partial charge on any atom is -0.375 e. The third-order valence-electron chi connectivity index (χ3n) is 3.22. The number of nitrogens with zero attached hydrogens (tertiary/aromatic N) is 1. The van der Waals surface area contributed by atoms with Crippen molar-refractivity contribution in [2.24, 2.45) is 0 Å². The molecule has 1 unspecified atom stereocenters. The molecule has 1 saturated heterocycles. The molecule has 1 aromatic rings. The summed E-state index contributed by atoms with van der Waals surface area (Å²) in [5, 5.41) is 0. The molecule has 0 radical (unpaired) electrons. The first-order valence-electron chi connectivity index (χ1n) is 6.33. The summed E-state index contributed by atoms with van der Waals surface area (Å²) in [6.07, 6.45) is 1.40. The Bertz CT molecular complexity index is 405. The number of morpholine rings is 1. The molecule has 98 valence electrons. The number of rotatable bonds is 3. The van der Waals surface area contributed by atoms with Crippen LogP contribution < -0.4 is 0 Å². The highest BCUT2D eigenvalue weighted by Crippen LogP contribution is 2.11.